The molecule has 1 aromatic carbocycles. The molecular weight excluding hydrogens is 258 g/mol. The first-order valence-corrected chi connectivity index (χ1v) is 6.75. The molecule has 1 aromatic heterocycles. The number of carboxylic acids is 1. The second-order valence-electron chi connectivity index (χ2n) is 5.17. The minimum atomic E-state index is -0.974. The number of aromatic carboxylic acids is 1. The number of furan rings is 1. The normalized spacial score (nSPS) is 18.6. The van der Waals surface area contributed by atoms with Gasteiger partial charge in [0, 0.05) is 17.8 Å². The Balaban J connectivity index is 1.85. The monoisotopic (exact) mass is 275 g/mol. The van der Waals surface area contributed by atoms with Gasteiger partial charge in [-0.05, 0) is 38.1 Å². The minimum Gasteiger partial charge on any atom is -0.493 e. The molecule has 5 nitrogen and oxygen atoms in total. The molecule has 1 unspecified atom stereocenters. The van der Waals surface area contributed by atoms with Gasteiger partial charge in [0.2, 0.25) is 0 Å². The van der Waals surface area contributed by atoms with Crippen LogP contribution < -0.4 is 10.1 Å². The summed E-state index contributed by atoms with van der Waals surface area (Å²) >= 11 is 0. The summed E-state index contributed by atoms with van der Waals surface area (Å²) in [4.78, 5) is 11.3. The number of hydrogen-bond acceptors (Lipinski definition) is 4. The van der Waals surface area contributed by atoms with E-state index < -0.39 is 5.97 Å². The molecule has 0 aliphatic carbocycles. The van der Waals surface area contributed by atoms with Crippen LogP contribution in [0.2, 0.25) is 0 Å². The first-order valence-electron chi connectivity index (χ1n) is 6.75. The zero-order valence-corrected chi connectivity index (χ0v) is 11.3. The molecule has 1 saturated heterocycles. The highest BCUT2D eigenvalue weighted by Gasteiger charge is 2.19. The third kappa shape index (κ3) is 2.36. The standard InChI is InChI=1S/C15H17NO4/c1-9-14(15(17)18)12-6-11(2-3-13(12)20-9)19-8-10-4-5-16-7-10/h2-3,6,10,16H,4-5,7-8H2,1H3,(H,17,18). The van der Waals surface area contributed by atoms with Crippen molar-refractivity contribution in [1.29, 1.82) is 0 Å². The van der Waals surface area contributed by atoms with Crippen LogP contribution >= 0.6 is 0 Å². The summed E-state index contributed by atoms with van der Waals surface area (Å²) in [5, 5.41) is 13.1. The molecule has 1 aliphatic heterocycles. The molecular formula is C15H17NO4. The van der Waals surface area contributed by atoms with Gasteiger partial charge in [-0.3, -0.25) is 0 Å². The molecule has 0 radical (unpaired) electrons. The Morgan fingerprint density at radius 1 is 1.55 bits per heavy atom. The van der Waals surface area contributed by atoms with Crippen molar-refractivity contribution in [1.82, 2.24) is 5.32 Å². The predicted molar refractivity (Wildman–Crippen MR) is 74.4 cm³/mol. The average molecular weight is 275 g/mol. The third-order valence-electron chi connectivity index (χ3n) is 3.70. The van der Waals surface area contributed by atoms with E-state index in [2.05, 4.69) is 5.32 Å². The van der Waals surface area contributed by atoms with E-state index in [-0.39, 0.29) is 5.56 Å². The van der Waals surface area contributed by atoms with Crippen LogP contribution in [0.4, 0.5) is 0 Å². The summed E-state index contributed by atoms with van der Waals surface area (Å²) in [5.41, 5.74) is 0.794. The van der Waals surface area contributed by atoms with Gasteiger partial charge in [-0.1, -0.05) is 0 Å². The Kier molecular flexibility index (Phi) is 3.36. The van der Waals surface area contributed by atoms with E-state index in [0.717, 1.165) is 19.5 Å². The average Bonchev–Trinajstić information content (AvgIpc) is 3.01. The molecule has 0 amide bonds. The van der Waals surface area contributed by atoms with Crippen LogP contribution in [0.3, 0.4) is 0 Å². The number of aryl methyl sites for hydroxylation is 1. The lowest BCUT2D eigenvalue weighted by atomic mass is 10.1. The summed E-state index contributed by atoms with van der Waals surface area (Å²) < 4.78 is 11.2. The Morgan fingerprint density at radius 2 is 2.40 bits per heavy atom. The molecule has 0 saturated carbocycles. The van der Waals surface area contributed by atoms with E-state index in [4.69, 9.17) is 9.15 Å². The van der Waals surface area contributed by atoms with Crippen LogP contribution in [0.5, 0.6) is 5.75 Å². The fraction of sp³-hybridized carbons (Fsp3) is 0.400. The van der Waals surface area contributed by atoms with Crippen LogP contribution in [0.25, 0.3) is 11.0 Å². The number of nitrogens with one attached hydrogen (secondary N) is 1. The minimum absolute atomic E-state index is 0.216. The lowest BCUT2D eigenvalue weighted by molar-refractivity contribution is 0.0697. The number of ether oxygens (including phenoxy) is 1. The van der Waals surface area contributed by atoms with E-state index >= 15 is 0 Å². The van der Waals surface area contributed by atoms with E-state index in [1.165, 1.54) is 0 Å². The maximum Gasteiger partial charge on any atom is 0.339 e. The Bertz CT molecular complexity index is 641. The van der Waals surface area contributed by atoms with E-state index in [1.807, 2.05) is 6.07 Å². The van der Waals surface area contributed by atoms with Crippen molar-refractivity contribution < 1.29 is 19.1 Å². The van der Waals surface area contributed by atoms with Crippen LogP contribution in [0.15, 0.2) is 22.6 Å². The lowest BCUT2D eigenvalue weighted by Crippen LogP contribution is -2.15. The van der Waals surface area contributed by atoms with Gasteiger partial charge in [0.15, 0.2) is 0 Å². The molecule has 20 heavy (non-hydrogen) atoms. The second-order valence-corrected chi connectivity index (χ2v) is 5.17. The first-order chi connectivity index (χ1) is 9.65. The van der Waals surface area contributed by atoms with Gasteiger partial charge in [0.05, 0.1) is 6.61 Å². The molecule has 2 heterocycles. The molecule has 3 rings (SSSR count). The van der Waals surface area contributed by atoms with Gasteiger partial charge in [-0.15, -0.1) is 0 Å². The fourth-order valence-corrected chi connectivity index (χ4v) is 2.63. The van der Waals surface area contributed by atoms with E-state index in [1.54, 1.807) is 19.1 Å². The summed E-state index contributed by atoms with van der Waals surface area (Å²) in [5.74, 6) is 0.659. The Labute approximate surface area is 116 Å². The number of hydrogen-bond donors (Lipinski definition) is 2. The van der Waals surface area contributed by atoms with Gasteiger partial charge in [0.25, 0.3) is 0 Å². The lowest BCUT2D eigenvalue weighted by Gasteiger charge is -2.10. The van der Waals surface area contributed by atoms with Gasteiger partial charge in [-0.25, -0.2) is 4.79 Å². The second kappa shape index (κ2) is 5.17. The van der Waals surface area contributed by atoms with Crippen LogP contribution in [-0.2, 0) is 0 Å². The molecule has 106 valence electrons. The number of benzene rings is 1. The largest absolute Gasteiger partial charge is 0.493 e. The number of fused-ring (bicyclic) bond motifs is 1. The van der Waals surface area contributed by atoms with Crippen molar-refractivity contribution in [3.63, 3.8) is 0 Å². The van der Waals surface area contributed by atoms with Gasteiger partial charge < -0.3 is 19.6 Å². The van der Waals surface area contributed by atoms with Gasteiger partial charge >= 0.3 is 5.97 Å². The van der Waals surface area contributed by atoms with Gasteiger partial charge in [0.1, 0.15) is 22.7 Å². The zero-order chi connectivity index (χ0) is 14.1. The van der Waals surface area contributed by atoms with Gasteiger partial charge in [-0.2, -0.15) is 0 Å². The predicted octanol–water partition coefficient (Wildman–Crippen LogP) is 2.43. The highest BCUT2D eigenvalue weighted by Crippen LogP contribution is 2.29. The fourth-order valence-electron chi connectivity index (χ4n) is 2.63. The quantitative estimate of drug-likeness (QED) is 0.896. The molecule has 0 bridgehead atoms. The van der Waals surface area contributed by atoms with Crippen molar-refractivity contribution in [3.05, 3.63) is 29.5 Å². The van der Waals surface area contributed by atoms with Crippen LogP contribution in [0.1, 0.15) is 22.5 Å². The molecule has 1 atom stereocenters. The number of carbonyl (C=O) groups is 1. The first kappa shape index (κ1) is 13.0. The summed E-state index contributed by atoms with van der Waals surface area (Å²) in [6, 6.07) is 5.33. The van der Waals surface area contributed by atoms with Crippen molar-refractivity contribution in [3.8, 4) is 5.75 Å². The molecule has 5 heteroatoms. The van der Waals surface area contributed by atoms with E-state index in [0.29, 0.717) is 35.0 Å². The summed E-state index contributed by atoms with van der Waals surface area (Å²) in [6.45, 7) is 4.33. The highest BCUT2D eigenvalue weighted by molar-refractivity contribution is 6.03. The molecule has 2 N–H and O–H groups in total. The number of rotatable bonds is 4. The SMILES string of the molecule is Cc1oc2ccc(OCC3CCNC3)cc2c1C(=O)O. The third-order valence-corrected chi connectivity index (χ3v) is 3.70. The Hall–Kier alpha value is -2.01. The maximum absolute atomic E-state index is 11.3. The highest BCUT2D eigenvalue weighted by atomic mass is 16.5. The molecule has 1 aliphatic rings. The van der Waals surface area contributed by atoms with E-state index in [9.17, 15) is 9.90 Å². The van der Waals surface area contributed by atoms with Crippen molar-refractivity contribution >= 4 is 16.9 Å². The zero-order valence-electron chi connectivity index (χ0n) is 11.3. The molecule has 0 spiro atoms. The molecule has 1 fully saturated rings. The summed E-state index contributed by atoms with van der Waals surface area (Å²) in [7, 11) is 0. The van der Waals surface area contributed by atoms with Crippen LogP contribution in [-0.4, -0.2) is 30.8 Å². The molecule has 2 aromatic rings. The smallest absolute Gasteiger partial charge is 0.339 e. The Morgan fingerprint density at radius 3 is 3.10 bits per heavy atom. The van der Waals surface area contributed by atoms with Crippen molar-refractivity contribution in [2.75, 3.05) is 19.7 Å². The van der Waals surface area contributed by atoms with Crippen molar-refractivity contribution in [2.24, 2.45) is 5.92 Å². The topological polar surface area (TPSA) is 71.7 Å². The summed E-state index contributed by atoms with van der Waals surface area (Å²) in [6.07, 6.45) is 1.12. The van der Waals surface area contributed by atoms with Crippen molar-refractivity contribution in [2.45, 2.75) is 13.3 Å². The number of carboxylic acid groups (broad SMARTS) is 1. The van der Waals surface area contributed by atoms with Crippen LogP contribution in [0, 0.1) is 12.8 Å². The maximum atomic E-state index is 11.3.